The summed E-state index contributed by atoms with van der Waals surface area (Å²) in [4.78, 5) is 31.8. The number of carbonyl (C=O) groups excluding carboxylic acids is 2. The maximum absolute atomic E-state index is 12.9. The van der Waals surface area contributed by atoms with Crippen LogP contribution >= 0.6 is 11.3 Å². The maximum Gasteiger partial charge on any atom is 0.266 e. The van der Waals surface area contributed by atoms with Crippen molar-refractivity contribution in [3.8, 4) is 5.75 Å². The van der Waals surface area contributed by atoms with Gasteiger partial charge in [0.1, 0.15) is 17.2 Å². The molecule has 7 heteroatoms. The number of carbonyl (C=O) groups is 2. The molecular weight excluding hydrogens is 350 g/mol. The first-order valence-electron chi connectivity index (χ1n) is 8.81. The molecule has 0 saturated heterocycles. The predicted octanol–water partition coefficient (Wildman–Crippen LogP) is 3.14. The second-order valence-electron chi connectivity index (χ2n) is 6.81. The smallest absolute Gasteiger partial charge is 0.266 e. The fourth-order valence-electron chi connectivity index (χ4n) is 3.11. The molecule has 6 nitrogen and oxygen atoms in total. The molecule has 1 aliphatic heterocycles. The average Bonchev–Trinajstić information content (AvgIpc) is 3.41. The Morgan fingerprint density at radius 2 is 2.12 bits per heavy atom. The van der Waals surface area contributed by atoms with Crippen LogP contribution in [0.2, 0.25) is 0 Å². The van der Waals surface area contributed by atoms with Crippen LogP contribution in [0.15, 0.2) is 18.2 Å². The van der Waals surface area contributed by atoms with Crippen LogP contribution in [0, 0.1) is 19.8 Å². The standard InChI is InChI=1S/C19H21N3O3S/c1-11-17(26-12(2)20-11)19(24)22-7-8-25-16-6-5-15(9-14(16)10-22)21-18(23)13-3-4-13/h5-6,9,13H,3-4,7-8,10H2,1-2H3,(H,21,23). The Bertz CT molecular complexity index is 873. The summed E-state index contributed by atoms with van der Waals surface area (Å²) in [6.45, 7) is 5.20. The molecular formula is C19H21N3O3S. The fraction of sp³-hybridized carbons (Fsp3) is 0.421. The molecule has 1 N–H and O–H groups in total. The van der Waals surface area contributed by atoms with E-state index in [0.29, 0.717) is 24.6 Å². The third-order valence-electron chi connectivity index (χ3n) is 4.64. The summed E-state index contributed by atoms with van der Waals surface area (Å²) in [6, 6.07) is 5.63. The summed E-state index contributed by atoms with van der Waals surface area (Å²) < 4.78 is 5.80. The Hall–Kier alpha value is -2.41. The zero-order chi connectivity index (χ0) is 18.3. The molecule has 2 aliphatic rings. The van der Waals surface area contributed by atoms with Crippen molar-refractivity contribution in [2.75, 3.05) is 18.5 Å². The van der Waals surface area contributed by atoms with Gasteiger partial charge < -0.3 is 15.0 Å². The highest BCUT2D eigenvalue weighted by Gasteiger charge is 2.30. The SMILES string of the molecule is Cc1nc(C)c(C(=O)N2CCOc3ccc(NC(=O)C4CC4)cc3C2)s1. The molecule has 1 fully saturated rings. The number of hydrogen-bond acceptors (Lipinski definition) is 5. The molecule has 0 atom stereocenters. The number of nitrogens with zero attached hydrogens (tertiary/aromatic N) is 2. The quantitative estimate of drug-likeness (QED) is 0.900. The number of aromatic nitrogens is 1. The van der Waals surface area contributed by atoms with Crippen LogP contribution in [-0.4, -0.2) is 34.8 Å². The number of rotatable bonds is 3. The van der Waals surface area contributed by atoms with E-state index in [0.717, 1.165) is 40.5 Å². The number of fused-ring (bicyclic) bond motifs is 1. The van der Waals surface area contributed by atoms with Crippen molar-refractivity contribution in [2.24, 2.45) is 5.92 Å². The molecule has 1 aliphatic carbocycles. The second-order valence-corrected chi connectivity index (χ2v) is 8.01. The Morgan fingerprint density at radius 1 is 1.31 bits per heavy atom. The molecule has 2 aromatic rings. The van der Waals surface area contributed by atoms with E-state index in [1.807, 2.05) is 32.0 Å². The van der Waals surface area contributed by atoms with Crippen molar-refractivity contribution in [3.05, 3.63) is 39.3 Å². The number of aryl methyl sites for hydroxylation is 2. The number of hydrogen-bond donors (Lipinski definition) is 1. The minimum absolute atomic E-state index is 0.0167. The van der Waals surface area contributed by atoms with E-state index in [1.54, 1.807) is 4.90 Å². The minimum atomic E-state index is -0.0167. The van der Waals surface area contributed by atoms with Gasteiger partial charge in [-0.05, 0) is 44.9 Å². The summed E-state index contributed by atoms with van der Waals surface area (Å²) in [6.07, 6.45) is 1.94. The van der Waals surface area contributed by atoms with Crippen LogP contribution in [0.4, 0.5) is 5.69 Å². The van der Waals surface area contributed by atoms with Crippen molar-refractivity contribution < 1.29 is 14.3 Å². The molecule has 0 unspecified atom stereocenters. The van der Waals surface area contributed by atoms with Gasteiger partial charge in [-0.15, -0.1) is 11.3 Å². The third-order valence-corrected chi connectivity index (χ3v) is 5.70. The molecule has 2 amide bonds. The van der Waals surface area contributed by atoms with Crippen LogP contribution in [-0.2, 0) is 11.3 Å². The zero-order valence-electron chi connectivity index (χ0n) is 14.9. The first-order valence-corrected chi connectivity index (χ1v) is 9.63. The highest BCUT2D eigenvalue weighted by molar-refractivity contribution is 7.13. The van der Waals surface area contributed by atoms with Crippen molar-refractivity contribution in [1.82, 2.24) is 9.88 Å². The summed E-state index contributed by atoms with van der Waals surface area (Å²) in [7, 11) is 0. The molecule has 26 heavy (non-hydrogen) atoms. The number of amides is 2. The summed E-state index contributed by atoms with van der Waals surface area (Å²) in [5.74, 6) is 0.975. The van der Waals surface area contributed by atoms with E-state index < -0.39 is 0 Å². The Kier molecular flexibility index (Phi) is 4.40. The normalized spacial score (nSPS) is 16.5. The molecule has 2 heterocycles. The van der Waals surface area contributed by atoms with E-state index in [1.165, 1.54) is 11.3 Å². The third kappa shape index (κ3) is 3.44. The van der Waals surface area contributed by atoms with Gasteiger partial charge in [0.25, 0.3) is 5.91 Å². The van der Waals surface area contributed by atoms with Gasteiger partial charge in [0.2, 0.25) is 5.91 Å². The number of anilines is 1. The van der Waals surface area contributed by atoms with Crippen LogP contribution in [0.1, 0.15) is 38.8 Å². The Labute approximate surface area is 156 Å². The number of nitrogens with one attached hydrogen (secondary N) is 1. The molecule has 0 radical (unpaired) electrons. The average molecular weight is 371 g/mol. The van der Waals surface area contributed by atoms with Gasteiger partial charge in [-0.25, -0.2) is 4.98 Å². The van der Waals surface area contributed by atoms with Gasteiger partial charge in [-0.2, -0.15) is 0 Å². The summed E-state index contributed by atoms with van der Waals surface area (Å²) in [5, 5.41) is 3.85. The van der Waals surface area contributed by atoms with Crippen molar-refractivity contribution in [2.45, 2.75) is 33.2 Å². The van der Waals surface area contributed by atoms with Gasteiger partial charge in [-0.1, -0.05) is 0 Å². The molecule has 4 rings (SSSR count). The van der Waals surface area contributed by atoms with Gasteiger partial charge >= 0.3 is 0 Å². The second kappa shape index (κ2) is 6.72. The van der Waals surface area contributed by atoms with Crippen LogP contribution in [0.25, 0.3) is 0 Å². The van der Waals surface area contributed by atoms with Crippen molar-refractivity contribution >= 4 is 28.8 Å². The van der Waals surface area contributed by atoms with Crippen LogP contribution in [0.5, 0.6) is 5.75 Å². The van der Waals surface area contributed by atoms with E-state index in [-0.39, 0.29) is 17.7 Å². The molecule has 0 spiro atoms. The summed E-state index contributed by atoms with van der Waals surface area (Å²) in [5.41, 5.74) is 2.43. The molecule has 136 valence electrons. The highest BCUT2D eigenvalue weighted by Crippen LogP contribution is 2.32. The molecule has 1 saturated carbocycles. The van der Waals surface area contributed by atoms with Crippen molar-refractivity contribution in [1.29, 1.82) is 0 Å². The van der Waals surface area contributed by atoms with E-state index >= 15 is 0 Å². The maximum atomic E-state index is 12.9. The van der Waals surface area contributed by atoms with Gasteiger partial charge in [-0.3, -0.25) is 9.59 Å². The van der Waals surface area contributed by atoms with Gasteiger partial charge in [0.15, 0.2) is 0 Å². The first kappa shape index (κ1) is 17.0. The Morgan fingerprint density at radius 3 is 2.81 bits per heavy atom. The van der Waals surface area contributed by atoms with E-state index in [4.69, 9.17) is 4.74 Å². The number of ether oxygens (including phenoxy) is 1. The van der Waals surface area contributed by atoms with Crippen LogP contribution in [0.3, 0.4) is 0 Å². The van der Waals surface area contributed by atoms with E-state index in [9.17, 15) is 9.59 Å². The predicted molar refractivity (Wildman–Crippen MR) is 99.6 cm³/mol. The van der Waals surface area contributed by atoms with Gasteiger partial charge in [0.05, 0.1) is 17.2 Å². The first-order chi connectivity index (χ1) is 12.5. The van der Waals surface area contributed by atoms with Crippen molar-refractivity contribution in [3.63, 3.8) is 0 Å². The van der Waals surface area contributed by atoms with Gasteiger partial charge in [0, 0.05) is 23.7 Å². The number of benzene rings is 1. The van der Waals surface area contributed by atoms with Crippen LogP contribution < -0.4 is 10.1 Å². The zero-order valence-corrected chi connectivity index (χ0v) is 15.7. The number of thiazole rings is 1. The lowest BCUT2D eigenvalue weighted by molar-refractivity contribution is -0.117. The Balaban J connectivity index is 1.55. The van der Waals surface area contributed by atoms with E-state index in [2.05, 4.69) is 10.3 Å². The largest absolute Gasteiger partial charge is 0.491 e. The monoisotopic (exact) mass is 371 g/mol. The highest BCUT2D eigenvalue weighted by atomic mass is 32.1. The minimum Gasteiger partial charge on any atom is -0.491 e. The molecule has 1 aromatic carbocycles. The lowest BCUT2D eigenvalue weighted by Crippen LogP contribution is -2.32. The topological polar surface area (TPSA) is 71.5 Å². The lowest BCUT2D eigenvalue weighted by atomic mass is 10.1. The molecule has 0 bridgehead atoms. The molecule has 1 aromatic heterocycles. The summed E-state index contributed by atoms with van der Waals surface area (Å²) >= 11 is 1.43. The fourth-order valence-corrected chi connectivity index (χ4v) is 4.00. The lowest BCUT2D eigenvalue weighted by Gasteiger charge is -2.19.